The Morgan fingerprint density at radius 1 is 1.44 bits per heavy atom. The second kappa shape index (κ2) is 1.96. The van der Waals surface area contributed by atoms with Crippen molar-refractivity contribution in [2.45, 2.75) is 31.5 Å². The van der Waals surface area contributed by atoms with Gasteiger partial charge in [-0.1, -0.05) is 0 Å². The number of hydrogen-bond acceptors (Lipinski definition) is 2. The van der Waals surface area contributed by atoms with Crippen molar-refractivity contribution in [3.05, 3.63) is 0 Å². The number of hydrogen-bond donors (Lipinski definition) is 1. The average Bonchev–Trinajstić information content (AvgIpc) is 2.45. The highest BCUT2D eigenvalue weighted by Crippen LogP contribution is 2.37. The van der Waals surface area contributed by atoms with Crippen molar-refractivity contribution in [1.82, 2.24) is 0 Å². The van der Waals surface area contributed by atoms with Crippen molar-refractivity contribution < 1.29 is 4.74 Å². The van der Waals surface area contributed by atoms with Crippen LogP contribution in [0.2, 0.25) is 0 Å². The fourth-order valence-corrected chi connectivity index (χ4v) is 1.99. The zero-order valence-corrected chi connectivity index (χ0v) is 5.55. The largest absolute Gasteiger partial charge is 0.375 e. The summed E-state index contributed by atoms with van der Waals surface area (Å²) in [6.45, 7) is 0.821. The standard InChI is InChI=1S/C7H13NO/c8-4-5-3-6-1-2-7(5)9-6/h5-7H,1-4,8H2/t5-,6-,7+/m0/s1. The lowest BCUT2D eigenvalue weighted by Gasteiger charge is -2.14. The molecule has 0 spiro atoms. The quantitative estimate of drug-likeness (QED) is 0.557. The Morgan fingerprint density at radius 3 is 2.67 bits per heavy atom. The predicted molar refractivity (Wildman–Crippen MR) is 35.1 cm³/mol. The lowest BCUT2D eigenvalue weighted by molar-refractivity contribution is 0.0936. The first-order valence-corrected chi connectivity index (χ1v) is 3.75. The molecule has 2 rings (SSSR count). The molecule has 2 aliphatic heterocycles. The summed E-state index contributed by atoms with van der Waals surface area (Å²) < 4.78 is 5.60. The van der Waals surface area contributed by atoms with E-state index in [1.54, 1.807) is 0 Å². The third-order valence-corrected chi connectivity index (χ3v) is 2.53. The van der Waals surface area contributed by atoms with Gasteiger partial charge < -0.3 is 10.5 Å². The molecule has 0 aromatic heterocycles. The Labute approximate surface area is 55.4 Å². The molecule has 0 aromatic rings. The second-order valence-corrected chi connectivity index (χ2v) is 3.11. The summed E-state index contributed by atoms with van der Waals surface area (Å²) in [6.07, 6.45) is 4.86. The van der Waals surface area contributed by atoms with E-state index in [1.165, 1.54) is 19.3 Å². The third kappa shape index (κ3) is 0.775. The van der Waals surface area contributed by atoms with Crippen LogP contribution in [0.1, 0.15) is 19.3 Å². The third-order valence-electron chi connectivity index (χ3n) is 2.53. The van der Waals surface area contributed by atoms with E-state index in [-0.39, 0.29) is 0 Å². The van der Waals surface area contributed by atoms with Crippen LogP contribution in [0, 0.1) is 5.92 Å². The van der Waals surface area contributed by atoms with Crippen molar-refractivity contribution in [3.63, 3.8) is 0 Å². The molecule has 0 radical (unpaired) electrons. The SMILES string of the molecule is NC[C@@H]1C[C@@H]2CC[C@H]1O2. The minimum atomic E-state index is 0.528. The van der Waals surface area contributed by atoms with Crippen LogP contribution in [0.15, 0.2) is 0 Å². The zero-order valence-electron chi connectivity index (χ0n) is 5.55. The first kappa shape index (κ1) is 5.69. The predicted octanol–water partition coefficient (Wildman–Crippen LogP) is 0.513. The topological polar surface area (TPSA) is 35.2 Å². The molecule has 2 heteroatoms. The fourth-order valence-electron chi connectivity index (χ4n) is 1.99. The highest BCUT2D eigenvalue weighted by molar-refractivity contribution is 4.89. The molecular formula is C7H13NO. The van der Waals surface area contributed by atoms with Crippen molar-refractivity contribution >= 4 is 0 Å². The first-order valence-electron chi connectivity index (χ1n) is 3.75. The molecule has 2 fully saturated rings. The minimum absolute atomic E-state index is 0.528. The van der Waals surface area contributed by atoms with Gasteiger partial charge in [0.1, 0.15) is 0 Å². The molecule has 0 amide bonds. The van der Waals surface area contributed by atoms with Gasteiger partial charge in [0.05, 0.1) is 12.2 Å². The highest BCUT2D eigenvalue weighted by Gasteiger charge is 2.39. The normalized spacial score (nSPS) is 48.3. The smallest absolute Gasteiger partial charge is 0.0621 e. The van der Waals surface area contributed by atoms with Gasteiger partial charge in [-0.05, 0) is 31.7 Å². The Kier molecular flexibility index (Phi) is 1.24. The van der Waals surface area contributed by atoms with E-state index in [2.05, 4.69) is 0 Å². The van der Waals surface area contributed by atoms with Gasteiger partial charge in [-0.15, -0.1) is 0 Å². The van der Waals surface area contributed by atoms with Crippen LogP contribution in [0.3, 0.4) is 0 Å². The van der Waals surface area contributed by atoms with E-state index in [0.29, 0.717) is 18.1 Å². The summed E-state index contributed by atoms with van der Waals surface area (Å²) in [5.41, 5.74) is 5.54. The van der Waals surface area contributed by atoms with Gasteiger partial charge in [-0.3, -0.25) is 0 Å². The van der Waals surface area contributed by atoms with Crippen molar-refractivity contribution in [2.24, 2.45) is 11.7 Å². The Hall–Kier alpha value is -0.0800. The van der Waals surface area contributed by atoms with Crippen LogP contribution in [0.25, 0.3) is 0 Å². The van der Waals surface area contributed by atoms with Gasteiger partial charge in [0.15, 0.2) is 0 Å². The number of fused-ring (bicyclic) bond motifs is 2. The average molecular weight is 127 g/mol. The molecule has 2 aliphatic rings. The Balaban J connectivity index is 2.01. The summed E-state index contributed by atoms with van der Waals surface area (Å²) in [4.78, 5) is 0. The van der Waals surface area contributed by atoms with E-state index in [4.69, 9.17) is 10.5 Å². The van der Waals surface area contributed by atoms with Crippen LogP contribution in [-0.4, -0.2) is 18.8 Å². The molecule has 2 nitrogen and oxygen atoms in total. The van der Waals surface area contributed by atoms with Gasteiger partial charge in [0.2, 0.25) is 0 Å². The molecule has 9 heavy (non-hydrogen) atoms. The van der Waals surface area contributed by atoms with Crippen LogP contribution in [-0.2, 0) is 4.74 Å². The maximum Gasteiger partial charge on any atom is 0.0621 e. The van der Waals surface area contributed by atoms with E-state index in [0.717, 1.165) is 6.54 Å². The summed E-state index contributed by atoms with van der Waals surface area (Å²) in [5, 5.41) is 0. The lowest BCUT2D eigenvalue weighted by Crippen LogP contribution is -2.24. The first-order chi connectivity index (χ1) is 4.40. The number of rotatable bonds is 1. The minimum Gasteiger partial charge on any atom is -0.375 e. The van der Waals surface area contributed by atoms with E-state index in [9.17, 15) is 0 Å². The molecule has 2 saturated heterocycles. The highest BCUT2D eigenvalue weighted by atomic mass is 16.5. The summed E-state index contributed by atoms with van der Waals surface area (Å²) in [5.74, 6) is 0.684. The van der Waals surface area contributed by atoms with Crippen molar-refractivity contribution in [3.8, 4) is 0 Å². The van der Waals surface area contributed by atoms with Crippen molar-refractivity contribution in [1.29, 1.82) is 0 Å². The lowest BCUT2D eigenvalue weighted by atomic mass is 9.89. The van der Waals surface area contributed by atoms with E-state index < -0.39 is 0 Å². The maximum absolute atomic E-state index is 5.60. The molecular weight excluding hydrogens is 114 g/mol. The van der Waals surface area contributed by atoms with E-state index in [1.807, 2.05) is 0 Å². The molecule has 2 heterocycles. The number of ether oxygens (including phenoxy) is 1. The fraction of sp³-hybridized carbons (Fsp3) is 1.00. The van der Waals surface area contributed by atoms with Gasteiger partial charge in [-0.25, -0.2) is 0 Å². The van der Waals surface area contributed by atoms with Crippen molar-refractivity contribution in [2.75, 3.05) is 6.54 Å². The van der Waals surface area contributed by atoms with Gasteiger partial charge in [0.25, 0.3) is 0 Å². The molecule has 0 aliphatic carbocycles. The summed E-state index contributed by atoms with van der Waals surface area (Å²) >= 11 is 0. The second-order valence-electron chi connectivity index (χ2n) is 3.11. The Morgan fingerprint density at radius 2 is 2.33 bits per heavy atom. The molecule has 2 bridgehead atoms. The monoisotopic (exact) mass is 127 g/mol. The Bertz CT molecular complexity index is 115. The van der Waals surface area contributed by atoms with Crippen LogP contribution < -0.4 is 5.73 Å². The summed E-state index contributed by atoms with van der Waals surface area (Å²) in [6, 6.07) is 0. The van der Waals surface area contributed by atoms with Gasteiger partial charge in [0, 0.05) is 0 Å². The van der Waals surface area contributed by atoms with Crippen LogP contribution in [0.5, 0.6) is 0 Å². The molecule has 0 saturated carbocycles. The zero-order chi connectivity index (χ0) is 6.27. The van der Waals surface area contributed by atoms with Gasteiger partial charge in [-0.2, -0.15) is 0 Å². The molecule has 0 unspecified atom stereocenters. The van der Waals surface area contributed by atoms with Crippen LogP contribution in [0.4, 0.5) is 0 Å². The number of nitrogens with two attached hydrogens (primary N) is 1. The maximum atomic E-state index is 5.60. The van der Waals surface area contributed by atoms with E-state index >= 15 is 0 Å². The molecule has 3 atom stereocenters. The van der Waals surface area contributed by atoms with Crippen LogP contribution >= 0.6 is 0 Å². The van der Waals surface area contributed by atoms with Gasteiger partial charge >= 0.3 is 0 Å². The molecule has 2 N–H and O–H groups in total. The molecule has 52 valence electrons. The summed E-state index contributed by atoms with van der Waals surface area (Å²) in [7, 11) is 0. The molecule has 0 aromatic carbocycles.